The van der Waals surface area contributed by atoms with E-state index in [0.29, 0.717) is 6.04 Å². The Kier molecular flexibility index (Phi) is 4.70. The Morgan fingerprint density at radius 3 is 2.64 bits per heavy atom. The molecule has 1 aliphatic rings. The van der Waals surface area contributed by atoms with Crippen LogP contribution in [0.25, 0.3) is 0 Å². The average molecular weight is 218 g/mol. The number of rotatable bonds is 2. The largest absolute Gasteiger partial charge is 0.598 e. The van der Waals surface area contributed by atoms with Gasteiger partial charge < -0.3 is 9.87 Å². The lowest BCUT2D eigenvalue weighted by Gasteiger charge is -2.27. The fraction of sp³-hybridized carbons (Fsp3) is 1.00. The van der Waals surface area contributed by atoms with Crippen LogP contribution in [0.4, 0.5) is 0 Å². The van der Waals surface area contributed by atoms with E-state index in [2.05, 4.69) is 10.0 Å². The molecule has 1 rings (SSSR count). The molecule has 2 N–H and O–H groups in total. The lowest BCUT2D eigenvalue weighted by molar-refractivity contribution is 0.496. The lowest BCUT2D eigenvalue weighted by atomic mass is 10.1. The molecule has 0 aliphatic carbocycles. The molecule has 0 aromatic carbocycles. The summed E-state index contributed by atoms with van der Waals surface area (Å²) in [5.41, 5.74) is 0. The molecule has 4 heteroatoms. The normalized spacial score (nSPS) is 27.0. The van der Waals surface area contributed by atoms with E-state index >= 15 is 0 Å². The molecule has 3 nitrogen and oxygen atoms in total. The van der Waals surface area contributed by atoms with Crippen LogP contribution in [0.2, 0.25) is 0 Å². The third-order valence-electron chi connectivity index (χ3n) is 2.41. The minimum atomic E-state index is -0.920. The Morgan fingerprint density at radius 2 is 2.00 bits per heavy atom. The van der Waals surface area contributed by atoms with E-state index in [4.69, 9.17) is 0 Å². The van der Waals surface area contributed by atoms with Gasteiger partial charge in [-0.05, 0) is 53.1 Å². The van der Waals surface area contributed by atoms with Gasteiger partial charge in [-0.25, -0.2) is 0 Å². The van der Waals surface area contributed by atoms with Gasteiger partial charge in [0.05, 0.1) is 6.04 Å². The molecule has 1 unspecified atom stereocenters. The smallest absolute Gasteiger partial charge is 0.136 e. The maximum absolute atomic E-state index is 11.8. The Morgan fingerprint density at radius 1 is 1.29 bits per heavy atom. The van der Waals surface area contributed by atoms with Gasteiger partial charge in [-0.1, -0.05) is 0 Å². The van der Waals surface area contributed by atoms with Crippen molar-refractivity contribution in [3.05, 3.63) is 0 Å². The summed E-state index contributed by atoms with van der Waals surface area (Å²) in [6, 6.07) is 0.421. The SMILES string of the molecule is CC(C)(C)[S+]([O-])N[C@@H]1CCCNCC1. The van der Waals surface area contributed by atoms with Crippen LogP contribution in [-0.2, 0) is 11.4 Å². The van der Waals surface area contributed by atoms with Crippen LogP contribution in [0.3, 0.4) is 0 Å². The predicted octanol–water partition coefficient (Wildman–Crippen LogP) is 1.18. The topological polar surface area (TPSA) is 47.1 Å². The van der Waals surface area contributed by atoms with E-state index < -0.39 is 11.4 Å². The summed E-state index contributed by atoms with van der Waals surface area (Å²) in [5, 5.41) is 3.35. The maximum Gasteiger partial charge on any atom is 0.136 e. The summed E-state index contributed by atoms with van der Waals surface area (Å²) >= 11 is -0.920. The molecular formula is C10H22N2OS. The first-order valence-electron chi connectivity index (χ1n) is 5.39. The van der Waals surface area contributed by atoms with Gasteiger partial charge in [0.2, 0.25) is 0 Å². The van der Waals surface area contributed by atoms with Crippen LogP contribution in [0.15, 0.2) is 0 Å². The highest BCUT2D eigenvalue weighted by atomic mass is 32.2. The second-order valence-corrected chi connectivity index (χ2v) is 6.87. The zero-order valence-electron chi connectivity index (χ0n) is 9.43. The molecule has 2 atom stereocenters. The van der Waals surface area contributed by atoms with Crippen molar-refractivity contribution < 1.29 is 4.55 Å². The monoisotopic (exact) mass is 218 g/mol. The summed E-state index contributed by atoms with van der Waals surface area (Å²) in [6.07, 6.45) is 3.40. The van der Waals surface area contributed by atoms with E-state index in [1.54, 1.807) is 0 Å². The minimum absolute atomic E-state index is 0.153. The first-order chi connectivity index (χ1) is 6.50. The van der Waals surface area contributed by atoms with Crippen molar-refractivity contribution in [2.24, 2.45) is 0 Å². The Bertz CT molecular complexity index is 162. The summed E-state index contributed by atoms with van der Waals surface area (Å²) in [4.78, 5) is 0. The van der Waals surface area contributed by atoms with Crippen LogP contribution in [0, 0.1) is 0 Å². The molecule has 1 fully saturated rings. The van der Waals surface area contributed by atoms with Gasteiger partial charge in [0.15, 0.2) is 0 Å². The van der Waals surface area contributed by atoms with Crippen molar-refractivity contribution in [1.29, 1.82) is 0 Å². The van der Waals surface area contributed by atoms with Crippen LogP contribution < -0.4 is 10.0 Å². The Labute approximate surface area is 90.3 Å². The van der Waals surface area contributed by atoms with Crippen molar-refractivity contribution >= 4 is 11.4 Å². The second kappa shape index (κ2) is 5.35. The van der Waals surface area contributed by atoms with Crippen LogP contribution in [0.1, 0.15) is 40.0 Å². The van der Waals surface area contributed by atoms with Gasteiger partial charge in [0.25, 0.3) is 0 Å². The highest BCUT2D eigenvalue weighted by Gasteiger charge is 2.29. The van der Waals surface area contributed by atoms with Crippen molar-refractivity contribution in [2.45, 2.75) is 50.8 Å². The number of hydrogen-bond acceptors (Lipinski definition) is 3. The molecule has 1 aliphatic heterocycles. The molecule has 0 aromatic rings. The van der Waals surface area contributed by atoms with E-state index in [1.165, 1.54) is 6.42 Å². The number of nitrogens with one attached hydrogen (secondary N) is 2. The molecule has 1 heterocycles. The van der Waals surface area contributed by atoms with Gasteiger partial charge in [0, 0.05) is 11.4 Å². The second-order valence-electron chi connectivity index (χ2n) is 4.88. The quantitative estimate of drug-likeness (QED) is 0.684. The van der Waals surface area contributed by atoms with Gasteiger partial charge in [-0.15, -0.1) is 4.72 Å². The molecule has 0 bridgehead atoms. The lowest BCUT2D eigenvalue weighted by Crippen LogP contribution is -2.44. The predicted molar refractivity (Wildman–Crippen MR) is 61.5 cm³/mol. The third kappa shape index (κ3) is 4.17. The summed E-state index contributed by atoms with van der Waals surface area (Å²) in [6.45, 7) is 8.15. The van der Waals surface area contributed by atoms with E-state index in [1.807, 2.05) is 20.8 Å². The fourth-order valence-corrected chi connectivity index (χ4v) is 2.36. The molecular weight excluding hydrogens is 196 g/mol. The average Bonchev–Trinajstić information content (AvgIpc) is 2.31. The third-order valence-corrected chi connectivity index (χ3v) is 4.07. The van der Waals surface area contributed by atoms with E-state index in [-0.39, 0.29) is 4.75 Å². The van der Waals surface area contributed by atoms with Crippen molar-refractivity contribution in [2.75, 3.05) is 13.1 Å². The van der Waals surface area contributed by atoms with Gasteiger partial charge in [0.1, 0.15) is 4.75 Å². The standard InChI is InChI=1S/C10H22N2OS/c1-10(2,3)14(13)12-9-5-4-7-11-8-6-9/h9,11-12H,4-8H2,1-3H3/t9-,14?/m1/s1. The van der Waals surface area contributed by atoms with E-state index in [9.17, 15) is 4.55 Å². The van der Waals surface area contributed by atoms with Crippen LogP contribution in [0.5, 0.6) is 0 Å². The van der Waals surface area contributed by atoms with Crippen LogP contribution >= 0.6 is 0 Å². The molecule has 0 aromatic heterocycles. The van der Waals surface area contributed by atoms with Crippen molar-refractivity contribution in [3.63, 3.8) is 0 Å². The fourth-order valence-electron chi connectivity index (χ4n) is 1.47. The molecule has 0 amide bonds. The molecule has 0 spiro atoms. The van der Waals surface area contributed by atoms with Gasteiger partial charge in [-0.2, -0.15) is 0 Å². The number of hydrogen-bond donors (Lipinski definition) is 2. The highest BCUT2D eigenvalue weighted by molar-refractivity contribution is 7.90. The molecule has 1 saturated heterocycles. The van der Waals surface area contributed by atoms with E-state index in [0.717, 1.165) is 25.9 Å². The zero-order valence-corrected chi connectivity index (χ0v) is 10.2. The van der Waals surface area contributed by atoms with Crippen molar-refractivity contribution in [1.82, 2.24) is 10.0 Å². The van der Waals surface area contributed by atoms with Crippen LogP contribution in [-0.4, -0.2) is 28.4 Å². The van der Waals surface area contributed by atoms with Gasteiger partial charge in [-0.3, -0.25) is 0 Å². The zero-order chi connectivity index (χ0) is 10.6. The molecule has 84 valence electrons. The first-order valence-corrected chi connectivity index (χ1v) is 6.54. The summed E-state index contributed by atoms with van der Waals surface area (Å²) < 4.78 is 14.9. The molecule has 0 saturated carbocycles. The summed E-state index contributed by atoms with van der Waals surface area (Å²) in [5.74, 6) is 0. The minimum Gasteiger partial charge on any atom is -0.598 e. The summed E-state index contributed by atoms with van der Waals surface area (Å²) in [7, 11) is 0. The molecule has 0 radical (unpaired) electrons. The molecule has 14 heavy (non-hydrogen) atoms. The first kappa shape index (κ1) is 12.3. The van der Waals surface area contributed by atoms with Crippen molar-refractivity contribution in [3.8, 4) is 0 Å². The highest BCUT2D eigenvalue weighted by Crippen LogP contribution is 2.16. The van der Waals surface area contributed by atoms with Gasteiger partial charge >= 0.3 is 0 Å². The maximum atomic E-state index is 11.8. The Balaban J connectivity index is 2.34. The Hall–Kier alpha value is 0.230.